The highest BCUT2D eigenvalue weighted by molar-refractivity contribution is 5.42. The maximum atomic E-state index is 12.9. The van der Waals surface area contributed by atoms with Crippen LogP contribution in [0.4, 0.5) is 4.39 Å². The van der Waals surface area contributed by atoms with Gasteiger partial charge >= 0.3 is 0 Å². The Balaban J connectivity index is 2.48. The Bertz CT molecular complexity index is 327. The minimum absolute atomic E-state index is 0.0972. The molecular formula is C7H5FO2. The SMILES string of the molecule is [2H]C1([2H])Oc2cccc(F)c2O1. The topological polar surface area (TPSA) is 18.5 Å². The third kappa shape index (κ3) is 0.635. The molecule has 0 amide bonds. The summed E-state index contributed by atoms with van der Waals surface area (Å²) < 4.78 is 36.1. The van der Waals surface area contributed by atoms with Gasteiger partial charge in [-0.3, -0.25) is 0 Å². The van der Waals surface area contributed by atoms with Gasteiger partial charge in [-0.2, -0.15) is 0 Å². The summed E-state index contributed by atoms with van der Waals surface area (Å²) in [6, 6.07) is 4.06. The Hall–Kier alpha value is -1.25. The number of fused-ring (bicyclic) bond motifs is 1. The molecule has 52 valence electrons. The van der Waals surface area contributed by atoms with Gasteiger partial charge in [0.2, 0.25) is 12.5 Å². The molecule has 0 atom stereocenters. The van der Waals surface area contributed by atoms with E-state index in [0.717, 1.165) is 0 Å². The van der Waals surface area contributed by atoms with Crippen LogP contribution < -0.4 is 9.47 Å². The Kier molecular flexibility index (Phi) is 0.711. The predicted octanol–water partition coefficient (Wildman–Crippen LogP) is 1.55. The van der Waals surface area contributed by atoms with E-state index in [2.05, 4.69) is 9.47 Å². The lowest BCUT2D eigenvalue weighted by Gasteiger charge is -1.93. The Labute approximate surface area is 60.0 Å². The van der Waals surface area contributed by atoms with Crippen molar-refractivity contribution >= 4 is 0 Å². The summed E-state index contributed by atoms with van der Waals surface area (Å²) in [5, 5.41) is 0. The molecule has 10 heavy (non-hydrogen) atoms. The molecule has 0 unspecified atom stereocenters. The molecule has 3 heteroatoms. The lowest BCUT2D eigenvalue weighted by Crippen LogP contribution is -1.93. The Morgan fingerprint density at radius 3 is 3.20 bits per heavy atom. The molecule has 2 nitrogen and oxygen atoms in total. The van der Waals surface area contributed by atoms with Crippen molar-refractivity contribution < 1.29 is 16.6 Å². The Morgan fingerprint density at radius 2 is 2.40 bits per heavy atom. The largest absolute Gasteiger partial charge is 0.453 e. The smallest absolute Gasteiger partial charge is 0.231 e. The van der Waals surface area contributed by atoms with Gasteiger partial charge in [0.15, 0.2) is 11.6 Å². The molecule has 0 saturated carbocycles. The molecule has 0 aliphatic carbocycles. The predicted molar refractivity (Wildman–Crippen MR) is 32.5 cm³/mol. The summed E-state index contributed by atoms with van der Waals surface area (Å²) in [7, 11) is 0. The van der Waals surface area contributed by atoms with Crippen LogP contribution in [-0.2, 0) is 0 Å². The molecule has 0 aromatic heterocycles. The maximum absolute atomic E-state index is 12.9. The number of halogens is 1. The fraction of sp³-hybridized carbons (Fsp3) is 0.143. The quantitative estimate of drug-likeness (QED) is 0.547. The van der Waals surface area contributed by atoms with Crippen LogP contribution in [0.15, 0.2) is 18.2 Å². The first kappa shape index (κ1) is 3.81. The molecule has 0 radical (unpaired) electrons. The standard InChI is InChI=1S/C7H5FO2/c8-5-2-1-3-6-7(5)10-4-9-6/h1-3H,4H2/i4D2. The fourth-order valence-electron chi connectivity index (χ4n) is 0.776. The van der Waals surface area contributed by atoms with Gasteiger partial charge in [-0.05, 0) is 12.1 Å². The highest BCUT2D eigenvalue weighted by Gasteiger charge is 2.16. The van der Waals surface area contributed by atoms with Gasteiger partial charge in [0.1, 0.15) is 2.74 Å². The first-order chi connectivity index (χ1) is 5.58. The van der Waals surface area contributed by atoms with Crippen LogP contribution in [0.2, 0.25) is 0 Å². The molecule has 1 aromatic rings. The van der Waals surface area contributed by atoms with Crippen molar-refractivity contribution in [2.24, 2.45) is 0 Å². The van der Waals surface area contributed by atoms with Crippen molar-refractivity contribution in [2.75, 3.05) is 6.75 Å². The summed E-state index contributed by atoms with van der Waals surface area (Å²) in [4.78, 5) is 0. The molecule has 1 aliphatic heterocycles. The zero-order valence-corrected chi connectivity index (χ0v) is 4.93. The van der Waals surface area contributed by atoms with Crippen LogP contribution in [0.1, 0.15) is 2.74 Å². The monoisotopic (exact) mass is 142 g/mol. The van der Waals surface area contributed by atoms with E-state index in [1.807, 2.05) is 0 Å². The summed E-state index contributed by atoms with van der Waals surface area (Å²) in [5.74, 6) is -0.684. The van der Waals surface area contributed by atoms with Crippen molar-refractivity contribution in [3.63, 3.8) is 0 Å². The highest BCUT2D eigenvalue weighted by Crippen LogP contribution is 2.33. The molecule has 0 bridgehead atoms. The first-order valence-corrected chi connectivity index (χ1v) is 2.75. The highest BCUT2D eigenvalue weighted by atomic mass is 19.1. The molecule has 0 N–H and O–H groups in total. The van der Waals surface area contributed by atoms with Gasteiger partial charge in [0.25, 0.3) is 0 Å². The molecule has 1 aliphatic rings. The van der Waals surface area contributed by atoms with Crippen molar-refractivity contribution in [3.8, 4) is 11.5 Å². The first-order valence-electron chi connectivity index (χ1n) is 3.75. The van der Waals surface area contributed by atoms with E-state index in [1.54, 1.807) is 0 Å². The molecule has 1 aromatic carbocycles. The second kappa shape index (κ2) is 1.87. The number of para-hydroxylation sites is 1. The lowest BCUT2D eigenvalue weighted by atomic mass is 10.3. The van der Waals surface area contributed by atoms with E-state index < -0.39 is 12.6 Å². The van der Waals surface area contributed by atoms with Gasteiger partial charge < -0.3 is 9.47 Å². The molecule has 0 saturated heterocycles. The van der Waals surface area contributed by atoms with Gasteiger partial charge in [0, 0.05) is 0 Å². The third-order valence-corrected chi connectivity index (χ3v) is 1.23. The lowest BCUT2D eigenvalue weighted by molar-refractivity contribution is 0.171. The average molecular weight is 142 g/mol. The number of benzene rings is 1. The molecule has 2 rings (SSSR count). The molecule has 0 spiro atoms. The van der Waals surface area contributed by atoms with Crippen LogP contribution in [0, 0.1) is 5.82 Å². The zero-order valence-electron chi connectivity index (χ0n) is 6.93. The number of ether oxygens (including phenoxy) is 2. The van der Waals surface area contributed by atoms with Crippen molar-refractivity contribution in [2.45, 2.75) is 0 Å². The van der Waals surface area contributed by atoms with E-state index >= 15 is 0 Å². The summed E-state index contributed by atoms with van der Waals surface area (Å²) in [6.45, 7) is -2.25. The molecular weight excluding hydrogens is 135 g/mol. The van der Waals surface area contributed by atoms with Crippen molar-refractivity contribution in [3.05, 3.63) is 24.0 Å². The van der Waals surface area contributed by atoms with Gasteiger partial charge in [0.05, 0.1) is 0 Å². The maximum Gasteiger partial charge on any atom is 0.231 e. The zero-order chi connectivity index (χ0) is 8.77. The second-order valence-electron chi connectivity index (χ2n) is 1.85. The van der Waals surface area contributed by atoms with E-state index in [1.165, 1.54) is 18.2 Å². The van der Waals surface area contributed by atoms with Gasteiger partial charge in [-0.15, -0.1) is 0 Å². The van der Waals surface area contributed by atoms with E-state index in [-0.39, 0.29) is 11.5 Å². The summed E-state index contributed by atoms with van der Waals surface area (Å²) in [6.07, 6.45) is 0. The summed E-state index contributed by atoms with van der Waals surface area (Å²) in [5.41, 5.74) is 0. The third-order valence-electron chi connectivity index (χ3n) is 1.23. The minimum Gasteiger partial charge on any atom is -0.453 e. The fourth-order valence-corrected chi connectivity index (χ4v) is 0.776. The number of hydrogen-bond acceptors (Lipinski definition) is 2. The van der Waals surface area contributed by atoms with Crippen LogP contribution >= 0.6 is 0 Å². The van der Waals surface area contributed by atoms with Crippen molar-refractivity contribution in [1.29, 1.82) is 0 Å². The minimum atomic E-state index is -2.25. The summed E-state index contributed by atoms with van der Waals surface area (Å²) >= 11 is 0. The number of hydrogen-bond donors (Lipinski definition) is 0. The van der Waals surface area contributed by atoms with Gasteiger partial charge in [-0.1, -0.05) is 6.07 Å². The van der Waals surface area contributed by atoms with E-state index in [4.69, 9.17) is 2.74 Å². The van der Waals surface area contributed by atoms with Crippen LogP contribution in [0.25, 0.3) is 0 Å². The van der Waals surface area contributed by atoms with E-state index in [9.17, 15) is 4.39 Å². The van der Waals surface area contributed by atoms with E-state index in [0.29, 0.717) is 0 Å². The van der Waals surface area contributed by atoms with Crippen LogP contribution in [-0.4, -0.2) is 6.75 Å². The van der Waals surface area contributed by atoms with Gasteiger partial charge in [-0.25, -0.2) is 4.39 Å². The van der Waals surface area contributed by atoms with Crippen LogP contribution in [0.3, 0.4) is 0 Å². The molecule has 0 fully saturated rings. The normalized spacial score (nSPS) is 21.7. The van der Waals surface area contributed by atoms with Crippen LogP contribution in [0.5, 0.6) is 11.5 Å². The van der Waals surface area contributed by atoms with Crippen molar-refractivity contribution in [1.82, 2.24) is 0 Å². The Morgan fingerprint density at radius 1 is 1.50 bits per heavy atom. The second-order valence-corrected chi connectivity index (χ2v) is 1.85. The average Bonchev–Trinajstić information content (AvgIpc) is 2.25. The molecule has 1 heterocycles. The number of rotatable bonds is 0.